The van der Waals surface area contributed by atoms with E-state index in [-0.39, 0.29) is 34.1 Å². The summed E-state index contributed by atoms with van der Waals surface area (Å²) in [5.41, 5.74) is 0.317. The molecule has 0 radical (unpaired) electrons. The van der Waals surface area contributed by atoms with Gasteiger partial charge in [0, 0.05) is 17.6 Å². The fourth-order valence-electron chi connectivity index (χ4n) is 2.10. The van der Waals surface area contributed by atoms with Crippen molar-refractivity contribution >= 4 is 34.4 Å². The van der Waals surface area contributed by atoms with E-state index in [1.165, 1.54) is 6.07 Å². The smallest absolute Gasteiger partial charge is 0.256 e. The Bertz CT molecular complexity index is 490. The lowest BCUT2D eigenvalue weighted by Gasteiger charge is -2.31. The Morgan fingerprint density at radius 1 is 1.11 bits per heavy atom. The fourth-order valence-corrected chi connectivity index (χ4v) is 2.51. The maximum Gasteiger partial charge on any atom is 0.256 e. The third kappa shape index (κ3) is 3.48. The molecule has 3 nitrogen and oxygen atoms in total. The molecule has 5 heteroatoms. The standard InChI is InChI=1S/C14H17Cl2NO2/c1-8(2)17(9(3)4)14(19)12-10(13(16)18)6-5-7-11(12)15/h5-9H,1-4H3. The minimum absolute atomic E-state index is 0.00190. The van der Waals surface area contributed by atoms with Crippen molar-refractivity contribution in [1.29, 1.82) is 0 Å². The number of benzene rings is 1. The number of amides is 1. The maximum absolute atomic E-state index is 12.6. The summed E-state index contributed by atoms with van der Waals surface area (Å²) >= 11 is 11.6. The molecule has 0 spiro atoms. The topological polar surface area (TPSA) is 37.4 Å². The Balaban J connectivity index is 3.36. The zero-order valence-electron chi connectivity index (χ0n) is 11.4. The van der Waals surface area contributed by atoms with Gasteiger partial charge in [-0.05, 0) is 51.4 Å². The Labute approximate surface area is 123 Å². The van der Waals surface area contributed by atoms with Crippen LogP contribution in [0.3, 0.4) is 0 Å². The number of rotatable bonds is 4. The molecule has 0 atom stereocenters. The molecule has 0 unspecified atom stereocenters. The van der Waals surface area contributed by atoms with Gasteiger partial charge in [0.15, 0.2) is 0 Å². The monoisotopic (exact) mass is 301 g/mol. The molecule has 1 aromatic rings. The predicted octanol–water partition coefficient (Wildman–Crippen LogP) is 3.98. The Hall–Kier alpha value is -1.06. The van der Waals surface area contributed by atoms with Gasteiger partial charge in [0.05, 0.1) is 10.6 Å². The van der Waals surface area contributed by atoms with Crippen molar-refractivity contribution in [3.05, 3.63) is 34.3 Å². The number of hydrogen-bond donors (Lipinski definition) is 0. The highest BCUT2D eigenvalue weighted by molar-refractivity contribution is 6.68. The van der Waals surface area contributed by atoms with E-state index in [2.05, 4.69) is 0 Å². The van der Waals surface area contributed by atoms with Crippen LogP contribution in [-0.4, -0.2) is 28.1 Å². The van der Waals surface area contributed by atoms with E-state index >= 15 is 0 Å². The van der Waals surface area contributed by atoms with Crippen LogP contribution in [0, 0.1) is 0 Å². The van der Waals surface area contributed by atoms with Crippen molar-refractivity contribution in [1.82, 2.24) is 4.90 Å². The predicted molar refractivity (Wildman–Crippen MR) is 78.1 cm³/mol. The normalized spacial score (nSPS) is 10.9. The quantitative estimate of drug-likeness (QED) is 0.789. The first kappa shape index (κ1) is 16.0. The summed E-state index contributed by atoms with van der Waals surface area (Å²) in [5, 5.41) is -0.443. The van der Waals surface area contributed by atoms with E-state index < -0.39 is 5.24 Å². The minimum atomic E-state index is -0.682. The third-order valence-electron chi connectivity index (χ3n) is 2.79. The van der Waals surface area contributed by atoms with E-state index in [0.29, 0.717) is 0 Å². The summed E-state index contributed by atoms with van der Waals surface area (Å²) in [7, 11) is 0. The zero-order chi connectivity index (χ0) is 14.7. The molecule has 1 aromatic carbocycles. The van der Waals surface area contributed by atoms with E-state index in [1.54, 1.807) is 17.0 Å². The highest BCUT2D eigenvalue weighted by atomic mass is 35.5. The van der Waals surface area contributed by atoms with Crippen molar-refractivity contribution in [3.8, 4) is 0 Å². The van der Waals surface area contributed by atoms with Gasteiger partial charge in [-0.15, -0.1) is 0 Å². The van der Waals surface area contributed by atoms with Gasteiger partial charge in [0.1, 0.15) is 0 Å². The summed E-state index contributed by atoms with van der Waals surface area (Å²) < 4.78 is 0. The molecule has 0 fully saturated rings. The van der Waals surface area contributed by atoms with E-state index in [9.17, 15) is 9.59 Å². The first-order valence-electron chi connectivity index (χ1n) is 6.08. The molecule has 0 N–H and O–H groups in total. The summed E-state index contributed by atoms with van der Waals surface area (Å²) in [6.07, 6.45) is 0. The summed E-state index contributed by atoms with van der Waals surface area (Å²) in [5.74, 6) is -0.278. The van der Waals surface area contributed by atoms with Crippen LogP contribution in [-0.2, 0) is 0 Å². The fraction of sp³-hybridized carbons (Fsp3) is 0.429. The highest BCUT2D eigenvalue weighted by Gasteiger charge is 2.27. The first-order valence-corrected chi connectivity index (χ1v) is 6.84. The second-order valence-corrected chi connectivity index (χ2v) is 5.59. The van der Waals surface area contributed by atoms with Crippen LogP contribution in [0.5, 0.6) is 0 Å². The lowest BCUT2D eigenvalue weighted by molar-refractivity contribution is 0.0641. The first-order chi connectivity index (χ1) is 8.77. The zero-order valence-corrected chi connectivity index (χ0v) is 12.9. The van der Waals surface area contributed by atoms with Gasteiger partial charge in [-0.1, -0.05) is 17.7 Å². The van der Waals surface area contributed by atoms with Gasteiger partial charge in [-0.3, -0.25) is 9.59 Å². The second-order valence-electron chi connectivity index (χ2n) is 4.84. The average molecular weight is 302 g/mol. The second kappa shape index (κ2) is 6.40. The van der Waals surface area contributed by atoms with Crippen LogP contribution in [0.1, 0.15) is 48.4 Å². The molecule has 0 aromatic heterocycles. The van der Waals surface area contributed by atoms with Crippen LogP contribution in [0.4, 0.5) is 0 Å². The van der Waals surface area contributed by atoms with Crippen molar-refractivity contribution in [2.45, 2.75) is 39.8 Å². The molecule has 0 heterocycles. The van der Waals surface area contributed by atoms with E-state index in [1.807, 2.05) is 27.7 Å². The van der Waals surface area contributed by atoms with Gasteiger partial charge < -0.3 is 4.90 Å². The molecular formula is C14H17Cl2NO2. The largest absolute Gasteiger partial charge is 0.334 e. The lowest BCUT2D eigenvalue weighted by Crippen LogP contribution is -2.42. The van der Waals surface area contributed by atoms with Crippen LogP contribution in [0.15, 0.2) is 18.2 Å². The number of carbonyl (C=O) groups excluding carboxylic acids is 2. The molecular weight excluding hydrogens is 285 g/mol. The molecule has 1 rings (SSSR count). The van der Waals surface area contributed by atoms with Crippen molar-refractivity contribution < 1.29 is 9.59 Å². The molecule has 0 saturated heterocycles. The Morgan fingerprint density at radius 2 is 1.63 bits per heavy atom. The number of carbonyl (C=O) groups is 2. The van der Waals surface area contributed by atoms with Gasteiger partial charge in [0.2, 0.25) is 0 Å². The van der Waals surface area contributed by atoms with Gasteiger partial charge in [-0.25, -0.2) is 0 Å². The maximum atomic E-state index is 12.6. The molecule has 19 heavy (non-hydrogen) atoms. The molecule has 0 saturated carbocycles. The molecule has 0 aliphatic rings. The molecule has 1 amide bonds. The van der Waals surface area contributed by atoms with Crippen LogP contribution in [0.25, 0.3) is 0 Å². The summed E-state index contributed by atoms with van der Waals surface area (Å²) in [6.45, 7) is 7.65. The van der Waals surface area contributed by atoms with Crippen molar-refractivity contribution in [2.75, 3.05) is 0 Å². The Kier molecular flexibility index (Phi) is 5.39. The highest BCUT2D eigenvalue weighted by Crippen LogP contribution is 2.25. The number of halogens is 2. The minimum Gasteiger partial charge on any atom is -0.334 e. The SMILES string of the molecule is CC(C)N(C(=O)c1c(Cl)cccc1C(=O)Cl)C(C)C. The van der Waals surface area contributed by atoms with E-state index in [4.69, 9.17) is 23.2 Å². The molecule has 104 valence electrons. The van der Waals surface area contributed by atoms with Crippen molar-refractivity contribution in [2.24, 2.45) is 0 Å². The number of nitrogens with zero attached hydrogens (tertiary/aromatic N) is 1. The Morgan fingerprint density at radius 3 is 2.05 bits per heavy atom. The summed E-state index contributed by atoms with van der Waals surface area (Å²) in [6, 6.07) is 4.69. The molecule has 0 aliphatic carbocycles. The van der Waals surface area contributed by atoms with Gasteiger partial charge >= 0.3 is 0 Å². The van der Waals surface area contributed by atoms with E-state index in [0.717, 1.165) is 0 Å². The van der Waals surface area contributed by atoms with Crippen LogP contribution < -0.4 is 0 Å². The van der Waals surface area contributed by atoms with Crippen LogP contribution in [0.2, 0.25) is 5.02 Å². The van der Waals surface area contributed by atoms with Gasteiger partial charge in [0.25, 0.3) is 11.1 Å². The van der Waals surface area contributed by atoms with Crippen LogP contribution >= 0.6 is 23.2 Å². The number of hydrogen-bond acceptors (Lipinski definition) is 2. The third-order valence-corrected chi connectivity index (χ3v) is 3.30. The van der Waals surface area contributed by atoms with Crippen molar-refractivity contribution in [3.63, 3.8) is 0 Å². The summed E-state index contributed by atoms with van der Waals surface area (Å²) in [4.78, 5) is 25.7. The lowest BCUT2D eigenvalue weighted by atomic mass is 10.1. The average Bonchev–Trinajstić information content (AvgIpc) is 2.26. The molecule has 0 aliphatic heterocycles. The van der Waals surface area contributed by atoms with Gasteiger partial charge in [-0.2, -0.15) is 0 Å². The molecule has 0 bridgehead atoms.